The zero-order valence-corrected chi connectivity index (χ0v) is 12.8. The van der Waals surface area contributed by atoms with E-state index in [-0.39, 0.29) is 24.7 Å². The molecule has 5 heteroatoms. The van der Waals surface area contributed by atoms with Crippen molar-refractivity contribution in [2.45, 2.75) is 82.3 Å². The molecule has 3 nitrogen and oxygen atoms in total. The summed E-state index contributed by atoms with van der Waals surface area (Å²) in [4.78, 5) is 14.7. The number of amides is 1. The lowest BCUT2D eigenvalue weighted by Gasteiger charge is -2.40. The lowest BCUT2D eigenvalue weighted by Crippen LogP contribution is -2.52. The molecule has 2 saturated heterocycles. The summed E-state index contributed by atoms with van der Waals surface area (Å²) in [5, 5.41) is 3.59. The van der Waals surface area contributed by atoms with Crippen LogP contribution in [0.3, 0.4) is 0 Å². The van der Waals surface area contributed by atoms with Gasteiger partial charge in [0.2, 0.25) is 11.8 Å². The fraction of sp³-hybridized carbons (Fsp3) is 0.938. The highest BCUT2D eigenvalue weighted by atomic mass is 19.3. The largest absolute Gasteiger partial charge is 0.340 e. The summed E-state index contributed by atoms with van der Waals surface area (Å²) in [5.41, 5.74) is 0. The number of rotatable bonds is 3. The summed E-state index contributed by atoms with van der Waals surface area (Å²) in [5.74, 6) is -2.61. The van der Waals surface area contributed by atoms with Crippen LogP contribution in [0.5, 0.6) is 0 Å². The van der Waals surface area contributed by atoms with Crippen LogP contribution < -0.4 is 5.32 Å². The Kier molecular flexibility index (Phi) is 4.21. The Morgan fingerprint density at radius 2 is 1.71 bits per heavy atom. The molecule has 3 aliphatic rings. The maximum atomic E-state index is 13.3. The second kappa shape index (κ2) is 5.82. The predicted octanol–water partition coefficient (Wildman–Crippen LogP) is 2.94. The first-order valence-corrected chi connectivity index (χ1v) is 8.43. The molecule has 2 heterocycles. The molecule has 0 spiro atoms. The van der Waals surface area contributed by atoms with Gasteiger partial charge in [0, 0.05) is 43.4 Å². The second-order valence-corrected chi connectivity index (χ2v) is 7.02. The van der Waals surface area contributed by atoms with E-state index in [1.807, 2.05) is 11.8 Å². The Morgan fingerprint density at radius 1 is 1.14 bits per heavy atom. The van der Waals surface area contributed by atoms with E-state index in [9.17, 15) is 13.6 Å². The van der Waals surface area contributed by atoms with Gasteiger partial charge in [-0.1, -0.05) is 0 Å². The van der Waals surface area contributed by atoms with Crippen molar-refractivity contribution in [1.29, 1.82) is 0 Å². The minimum Gasteiger partial charge on any atom is -0.340 e. The van der Waals surface area contributed by atoms with Crippen molar-refractivity contribution in [3.8, 4) is 0 Å². The van der Waals surface area contributed by atoms with Crippen LogP contribution in [-0.2, 0) is 4.79 Å². The second-order valence-electron chi connectivity index (χ2n) is 7.02. The number of halogens is 2. The van der Waals surface area contributed by atoms with Crippen molar-refractivity contribution in [3.05, 3.63) is 0 Å². The molecule has 1 N–H and O–H groups in total. The molecule has 1 amide bonds. The maximum Gasteiger partial charge on any atom is 0.248 e. The molecule has 21 heavy (non-hydrogen) atoms. The zero-order valence-electron chi connectivity index (χ0n) is 12.8. The number of hydrogen-bond acceptors (Lipinski definition) is 2. The van der Waals surface area contributed by atoms with Crippen LogP contribution in [0.25, 0.3) is 0 Å². The normalized spacial score (nSPS) is 35.7. The molecule has 0 aromatic heterocycles. The van der Waals surface area contributed by atoms with Crippen LogP contribution in [0.15, 0.2) is 0 Å². The van der Waals surface area contributed by atoms with Crippen molar-refractivity contribution in [3.63, 3.8) is 0 Å². The van der Waals surface area contributed by atoms with Gasteiger partial charge in [0.25, 0.3) is 0 Å². The van der Waals surface area contributed by atoms with Gasteiger partial charge < -0.3 is 10.2 Å². The van der Waals surface area contributed by atoms with Gasteiger partial charge in [-0.2, -0.15) is 0 Å². The first kappa shape index (κ1) is 15.2. The Morgan fingerprint density at radius 3 is 2.24 bits per heavy atom. The average Bonchev–Trinajstić information content (AvgIpc) is 2.78. The molecule has 2 bridgehead atoms. The fourth-order valence-electron chi connectivity index (χ4n) is 4.40. The van der Waals surface area contributed by atoms with E-state index < -0.39 is 5.92 Å². The fourth-order valence-corrected chi connectivity index (χ4v) is 4.40. The minimum absolute atomic E-state index is 0.124. The molecule has 0 radical (unpaired) electrons. The van der Waals surface area contributed by atoms with Crippen molar-refractivity contribution in [1.82, 2.24) is 10.2 Å². The Hall–Kier alpha value is -0.710. The highest BCUT2D eigenvalue weighted by Crippen LogP contribution is 2.38. The first-order chi connectivity index (χ1) is 9.98. The monoisotopic (exact) mass is 300 g/mol. The van der Waals surface area contributed by atoms with Crippen LogP contribution >= 0.6 is 0 Å². The predicted molar refractivity (Wildman–Crippen MR) is 77.3 cm³/mol. The highest BCUT2D eigenvalue weighted by Gasteiger charge is 2.41. The molecule has 120 valence electrons. The van der Waals surface area contributed by atoms with E-state index in [2.05, 4.69) is 5.32 Å². The minimum atomic E-state index is -2.55. The Bertz CT molecular complexity index is 380. The summed E-state index contributed by atoms with van der Waals surface area (Å²) < 4.78 is 26.5. The number of carbonyl (C=O) groups excluding carboxylic acids is 1. The van der Waals surface area contributed by atoms with Gasteiger partial charge in [0.15, 0.2) is 0 Å². The number of fused-ring (bicyclic) bond motifs is 2. The SMILES string of the molecule is CCN(C(=O)C1CCC(F)(F)CC1)C1CC2CCC(C1)N2. The number of nitrogens with one attached hydrogen (secondary N) is 1. The molecule has 1 aliphatic carbocycles. The number of piperidine rings is 1. The molecular formula is C16H26F2N2O. The standard InChI is InChI=1S/C16H26F2N2O/c1-2-20(14-9-12-3-4-13(10-14)19-12)15(21)11-5-7-16(17,18)8-6-11/h11-14,19H,2-10H2,1H3. The lowest BCUT2D eigenvalue weighted by molar-refractivity contribution is -0.142. The summed E-state index contributed by atoms with van der Waals surface area (Å²) in [6.45, 7) is 2.72. The van der Waals surface area contributed by atoms with Crippen LogP contribution in [0.2, 0.25) is 0 Å². The van der Waals surface area contributed by atoms with Crippen molar-refractivity contribution >= 4 is 5.91 Å². The van der Waals surface area contributed by atoms with E-state index in [0.29, 0.717) is 37.5 Å². The third-order valence-corrected chi connectivity index (χ3v) is 5.58. The van der Waals surface area contributed by atoms with E-state index in [1.54, 1.807) is 0 Å². The van der Waals surface area contributed by atoms with Gasteiger partial charge in [-0.15, -0.1) is 0 Å². The average molecular weight is 300 g/mol. The summed E-state index contributed by atoms with van der Waals surface area (Å²) in [6, 6.07) is 1.40. The third kappa shape index (κ3) is 3.22. The zero-order chi connectivity index (χ0) is 15.0. The number of nitrogens with zero attached hydrogens (tertiary/aromatic N) is 1. The molecule has 3 fully saturated rings. The van der Waals surface area contributed by atoms with Crippen LogP contribution in [-0.4, -0.2) is 41.4 Å². The van der Waals surface area contributed by atoms with Gasteiger partial charge >= 0.3 is 0 Å². The quantitative estimate of drug-likeness (QED) is 0.869. The molecular weight excluding hydrogens is 274 g/mol. The topological polar surface area (TPSA) is 32.3 Å². The molecule has 2 aliphatic heterocycles. The van der Waals surface area contributed by atoms with E-state index in [4.69, 9.17) is 0 Å². The Labute approximate surface area is 125 Å². The van der Waals surface area contributed by atoms with Gasteiger partial charge in [-0.25, -0.2) is 8.78 Å². The van der Waals surface area contributed by atoms with Crippen LogP contribution in [0.4, 0.5) is 8.78 Å². The number of hydrogen-bond donors (Lipinski definition) is 1. The maximum absolute atomic E-state index is 13.3. The molecule has 1 saturated carbocycles. The van der Waals surface area contributed by atoms with Gasteiger partial charge in [-0.3, -0.25) is 4.79 Å². The van der Waals surface area contributed by atoms with E-state index in [1.165, 1.54) is 12.8 Å². The molecule has 3 rings (SSSR count). The van der Waals surface area contributed by atoms with E-state index >= 15 is 0 Å². The van der Waals surface area contributed by atoms with Crippen molar-refractivity contribution in [2.24, 2.45) is 5.92 Å². The van der Waals surface area contributed by atoms with Crippen LogP contribution in [0, 0.1) is 5.92 Å². The molecule has 0 aromatic rings. The van der Waals surface area contributed by atoms with Crippen molar-refractivity contribution in [2.75, 3.05) is 6.54 Å². The molecule has 2 atom stereocenters. The van der Waals surface area contributed by atoms with E-state index in [0.717, 1.165) is 12.8 Å². The van der Waals surface area contributed by atoms with Gasteiger partial charge in [0.1, 0.15) is 0 Å². The summed E-state index contributed by atoms with van der Waals surface area (Å²) in [7, 11) is 0. The Balaban J connectivity index is 1.62. The lowest BCUT2D eigenvalue weighted by atomic mass is 9.85. The molecule has 2 unspecified atom stereocenters. The van der Waals surface area contributed by atoms with Gasteiger partial charge in [-0.05, 0) is 45.4 Å². The van der Waals surface area contributed by atoms with Crippen LogP contribution in [0.1, 0.15) is 58.3 Å². The summed E-state index contributed by atoms with van der Waals surface area (Å²) >= 11 is 0. The number of alkyl halides is 2. The van der Waals surface area contributed by atoms with Crippen molar-refractivity contribution < 1.29 is 13.6 Å². The summed E-state index contributed by atoms with van der Waals surface area (Å²) in [6.07, 6.45) is 4.92. The number of carbonyl (C=O) groups is 1. The highest BCUT2D eigenvalue weighted by molar-refractivity contribution is 5.79. The smallest absolute Gasteiger partial charge is 0.248 e. The van der Waals surface area contributed by atoms with Gasteiger partial charge in [0.05, 0.1) is 0 Å². The third-order valence-electron chi connectivity index (χ3n) is 5.58. The first-order valence-electron chi connectivity index (χ1n) is 8.43. The molecule has 0 aromatic carbocycles.